The molecular weight excluding hydrogens is 537 g/mol. The highest BCUT2D eigenvalue weighted by molar-refractivity contribution is 5.95. The molecule has 3 N–H and O–H groups in total. The predicted octanol–water partition coefficient (Wildman–Crippen LogP) is 4.57. The Bertz CT molecular complexity index is 1200. The van der Waals surface area contributed by atoms with E-state index >= 15 is 0 Å². The van der Waals surface area contributed by atoms with Crippen molar-refractivity contribution in [1.82, 2.24) is 20.2 Å². The van der Waals surface area contributed by atoms with Gasteiger partial charge in [-0.15, -0.1) is 0 Å². The average Bonchev–Trinajstić information content (AvgIpc) is 3.35. The van der Waals surface area contributed by atoms with E-state index in [1.807, 2.05) is 0 Å². The van der Waals surface area contributed by atoms with Crippen LogP contribution in [-0.2, 0) is 17.4 Å². The van der Waals surface area contributed by atoms with Gasteiger partial charge in [0.15, 0.2) is 0 Å². The SMILES string of the molecule is CC(CO)NC(=O)C1CCCC1CCCc1nc(Nc2ccc(C(=O)N3CC(F)(F)C3)cc2)ncc1C(F)(F)F. The van der Waals surface area contributed by atoms with Gasteiger partial charge >= 0.3 is 6.18 Å². The van der Waals surface area contributed by atoms with Gasteiger partial charge in [0.1, 0.15) is 0 Å². The highest BCUT2D eigenvalue weighted by Crippen LogP contribution is 2.37. The second kappa shape index (κ2) is 12.0. The summed E-state index contributed by atoms with van der Waals surface area (Å²) in [5.74, 6) is -3.78. The summed E-state index contributed by atoms with van der Waals surface area (Å²) >= 11 is 0. The zero-order valence-corrected chi connectivity index (χ0v) is 22.0. The zero-order chi connectivity index (χ0) is 29.1. The third kappa shape index (κ3) is 7.23. The van der Waals surface area contributed by atoms with Gasteiger partial charge in [-0.25, -0.2) is 18.7 Å². The van der Waals surface area contributed by atoms with Gasteiger partial charge in [-0.3, -0.25) is 9.59 Å². The number of anilines is 2. The quantitative estimate of drug-likeness (QED) is 0.362. The number of aromatic nitrogens is 2. The minimum absolute atomic E-state index is 0.0395. The van der Waals surface area contributed by atoms with Crippen LogP contribution in [0.4, 0.5) is 33.6 Å². The van der Waals surface area contributed by atoms with Crippen molar-refractivity contribution in [3.8, 4) is 0 Å². The molecule has 218 valence electrons. The van der Waals surface area contributed by atoms with Gasteiger partial charge in [0.05, 0.1) is 31.0 Å². The fraction of sp³-hybridized carbons (Fsp3) is 0.556. The minimum Gasteiger partial charge on any atom is -0.394 e. The number of amides is 2. The molecule has 1 aliphatic heterocycles. The van der Waals surface area contributed by atoms with E-state index in [4.69, 9.17) is 0 Å². The number of halogens is 5. The molecule has 0 radical (unpaired) electrons. The maximum absolute atomic E-state index is 13.7. The van der Waals surface area contributed by atoms with Gasteiger partial charge in [-0.2, -0.15) is 13.2 Å². The largest absolute Gasteiger partial charge is 0.419 e. The molecule has 2 aliphatic rings. The third-order valence-electron chi connectivity index (χ3n) is 7.34. The molecule has 1 aromatic carbocycles. The van der Waals surface area contributed by atoms with Gasteiger partial charge in [0, 0.05) is 29.4 Å². The van der Waals surface area contributed by atoms with Gasteiger partial charge in [-0.1, -0.05) is 6.42 Å². The summed E-state index contributed by atoms with van der Waals surface area (Å²) in [5, 5.41) is 14.8. The van der Waals surface area contributed by atoms with E-state index in [0.29, 0.717) is 24.9 Å². The lowest BCUT2D eigenvalue weighted by molar-refractivity contribution is -0.138. The number of aliphatic hydroxyl groups excluding tert-OH is 1. The van der Waals surface area contributed by atoms with Gasteiger partial charge in [0.25, 0.3) is 11.8 Å². The number of hydrogen-bond acceptors (Lipinski definition) is 6. The number of likely N-dealkylation sites (tertiary alicyclic amines) is 1. The molecule has 3 atom stereocenters. The predicted molar refractivity (Wildman–Crippen MR) is 136 cm³/mol. The monoisotopic (exact) mass is 569 g/mol. The number of benzene rings is 1. The molecule has 1 aliphatic carbocycles. The smallest absolute Gasteiger partial charge is 0.394 e. The second-order valence-corrected chi connectivity index (χ2v) is 10.6. The maximum Gasteiger partial charge on any atom is 0.419 e. The molecule has 2 heterocycles. The molecule has 1 saturated carbocycles. The third-order valence-corrected chi connectivity index (χ3v) is 7.34. The average molecular weight is 570 g/mol. The first-order valence-electron chi connectivity index (χ1n) is 13.2. The van der Waals surface area contributed by atoms with Crippen LogP contribution in [0.15, 0.2) is 30.5 Å². The number of aliphatic hydroxyl groups is 1. The van der Waals surface area contributed by atoms with Crippen molar-refractivity contribution in [1.29, 1.82) is 0 Å². The second-order valence-electron chi connectivity index (χ2n) is 10.6. The van der Waals surface area contributed by atoms with E-state index in [-0.39, 0.29) is 54.0 Å². The lowest BCUT2D eigenvalue weighted by atomic mass is 9.89. The first kappa shape index (κ1) is 29.6. The molecule has 4 rings (SSSR count). The Morgan fingerprint density at radius 3 is 2.50 bits per heavy atom. The van der Waals surface area contributed by atoms with Crippen molar-refractivity contribution in [3.63, 3.8) is 0 Å². The summed E-state index contributed by atoms with van der Waals surface area (Å²) < 4.78 is 67.1. The fourth-order valence-corrected chi connectivity index (χ4v) is 5.22. The molecule has 1 saturated heterocycles. The Morgan fingerprint density at radius 1 is 1.18 bits per heavy atom. The standard InChI is InChI=1S/C27H32F5N5O3/c1-16(13-38)34-23(39)20-6-2-4-17(20)5-3-7-22-21(27(30,31)32)12-33-25(36-22)35-19-10-8-18(9-11-19)24(40)37-14-26(28,29)15-37/h8-12,16-17,20,38H,2-7,13-15H2,1H3,(H,34,39)(H,33,35,36). The highest BCUT2D eigenvalue weighted by atomic mass is 19.4. The van der Waals surface area contributed by atoms with Crippen molar-refractivity contribution >= 4 is 23.5 Å². The number of nitrogens with one attached hydrogen (secondary N) is 2. The zero-order valence-electron chi connectivity index (χ0n) is 22.0. The molecule has 0 spiro atoms. The molecule has 3 unspecified atom stereocenters. The number of hydrogen-bond donors (Lipinski definition) is 3. The topological polar surface area (TPSA) is 107 Å². The van der Waals surface area contributed by atoms with Crippen LogP contribution < -0.4 is 10.6 Å². The van der Waals surface area contributed by atoms with Gasteiger partial charge in [-0.05, 0) is 69.2 Å². The van der Waals surface area contributed by atoms with Crippen LogP contribution in [0, 0.1) is 11.8 Å². The Morgan fingerprint density at radius 2 is 1.88 bits per heavy atom. The van der Waals surface area contributed by atoms with Crippen LogP contribution in [-0.4, -0.2) is 63.4 Å². The van der Waals surface area contributed by atoms with Crippen LogP contribution in [0.1, 0.15) is 60.6 Å². The van der Waals surface area contributed by atoms with E-state index in [1.165, 1.54) is 24.3 Å². The van der Waals surface area contributed by atoms with E-state index in [1.54, 1.807) is 6.92 Å². The normalized spacial score (nSPS) is 21.0. The summed E-state index contributed by atoms with van der Waals surface area (Å²) in [6, 6.07) is 5.49. The molecule has 1 aromatic heterocycles. The summed E-state index contributed by atoms with van der Waals surface area (Å²) in [6.45, 7) is 0.263. The molecule has 8 nitrogen and oxygen atoms in total. The van der Waals surface area contributed by atoms with E-state index in [0.717, 1.165) is 23.9 Å². The minimum atomic E-state index is -4.64. The summed E-state index contributed by atoms with van der Waals surface area (Å²) in [4.78, 5) is 33.8. The van der Waals surface area contributed by atoms with Crippen LogP contribution in [0.25, 0.3) is 0 Å². The van der Waals surface area contributed by atoms with Crippen molar-refractivity contribution in [2.45, 2.75) is 63.6 Å². The number of aryl methyl sites for hydroxylation is 1. The Kier molecular flexibility index (Phi) is 8.91. The van der Waals surface area contributed by atoms with Crippen molar-refractivity contribution in [2.75, 3.05) is 25.0 Å². The van der Waals surface area contributed by atoms with Crippen LogP contribution in [0.2, 0.25) is 0 Å². The van der Waals surface area contributed by atoms with Crippen molar-refractivity contribution in [2.24, 2.45) is 11.8 Å². The first-order valence-corrected chi connectivity index (χ1v) is 13.2. The summed E-state index contributed by atoms with van der Waals surface area (Å²) in [5.41, 5.74) is -0.473. The maximum atomic E-state index is 13.7. The summed E-state index contributed by atoms with van der Waals surface area (Å²) in [6.07, 6.45) is -0.525. The van der Waals surface area contributed by atoms with Crippen LogP contribution in [0.5, 0.6) is 0 Å². The van der Waals surface area contributed by atoms with Crippen molar-refractivity contribution < 1.29 is 36.6 Å². The number of alkyl halides is 5. The van der Waals surface area contributed by atoms with Gasteiger partial charge < -0.3 is 20.6 Å². The van der Waals surface area contributed by atoms with Gasteiger partial charge in [0.2, 0.25) is 11.9 Å². The van der Waals surface area contributed by atoms with E-state index in [2.05, 4.69) is 20.6 Å². The Labute approximate surface area is 228 Å². The van der Waals surface area contributed by atoms with Crippen LogP contribution >= 0.6 is 0 Å². The van der Waals surface area contributed by atoms with Crippen LogP contribution in [0.3, 0.4) is 0 Å². The summed E-state index contributed by atoms with van der Waals surface area (Å²) in [7, 11) is 0. The Hall–Kier alpha value is -3.35. The molecule has 2 fully saturated rings. The molecule has 2 aromatic rings. The number of nitrogens with zero attached hydrogens (tertiary/aromatic N) is 3. The fourth-order valence-electron chi connectivity index (χ4n) is 5.22. The highest BCUT2D eigenvalue weighted by Gasteiger charge is 2.46. The lowest BCUT2D eigenvalue weighted by Crippen LogP contribution is -2.58. The number of carbonyl (C=O) groups excluding carboxylic acids is 2. The number of rotatable bonds is 10. The van der Waals surface area contributed by atoms with E-state index in [9.17, 15) is 36.6 Å². The molecule has 40 heavy (non-hydrogen) atoms. The molecule has 13 heteroatoms. The molecule has 2 amide bonds. The Balaban J connectivity index is 1.39. The van der Waals surface area contributed by atoms with E-state index < -0.39 is 36.7 Å². The van der Waals surface area contributed by atoms with Crippen molar-refractivity contribution in [3.05, 3.63) is 47.3 Å². The number of carbonyl (C=O) groups is 2. The molecular formula is C27H32F5N5O3. The molecule has 0 bridgehead atoms. The first-order chi connectivity index (χ1) is 18.9. The lowest BCUT2D eigenvalue weighted by Gasteiger charge is -2.38.